The minimum absolute atomic E-state index is 0.709. The lowest BCUT2D eigenvalue weighted by molar-refractivity contribution is 0.275. The van der Waals surface area contributed by atoms with Crippen molar-refractivity contribution < 1.29 is 0 Å². The number of nitrogens with two attached hydrogens (primary N) is 1. The molecule has 0 amide bonds. The van der Waals surface area contributed by atoms with Gasteiger partial charge in [0.1, 0.15) is 0 Å². The second kappa shape index (κ2) is 4.75. The van der Waals surface area contributed by atoms with E-state index in [4.69, 9.17) is 11.0 Å². The van der Waals surface area contributed by atoms with Crippen molar-refractivity contribution in [1.29, 1.82) is 5.26 Å². The molecule has 2 N–H and O–H groups in total. The van der Waals surface area contributed by atoms with Crippen molar-refractivity contribution in [2.75, 3.05) is 5.73 Å². The SMILES string of the molecule is N#Cc1ccc(CN2Cc3ccc(N)cc3C2)cc1. The van der Waals surface area contributed by atoms with E-state index in [1.807, 2.05) is 30.3 Å². The summed E-state index contributed by atoms with van der Waals surface area (Å²) in [6.07, 6.45) is 0. The first-order valence-corrected chi connectivity index (χ1v) is 6.33. The van der Waals surface area contributed by atoms with Crippen LogP contribution in [0.1, 0.15) is 22.3 Å². The van der Waals surface area contributed by atoms with Crippen LogP contribution in [-0.2, 0) is 19.6 Å². The fourth-order valence-corrected chi connectivity index (χ4v) is 2.54. The van der Waals surface area contributed by atoms with E-state index < -0.39 is 0 Å². The number of hydrogen-bond donors (Lipinski definition) is 1. The van der Waals surface area contributed by atoms with Crippen LogP contribution in [0.25, 0.3) is 0 Å². The van der Waals surface area contributed by atoms with Crippen molar-refractivity contribution in [3.05, 3.63) is 64.7 Å². The Hall–Kier alpha value is -2.31. The van der Waals surface area contributed by atoms with E-state index in [0.717, 1.165) is 25.3 Å². The predicted octanol–water partition coefficient (Wildman–Crippen LogP) is 2.66. The quantitative estimate of drug-likeness (QED) is 0.832. The lowest BCUT2D eigenvalue weighted by atomic mass is 10.1. The molecule has 0 spiro atoms. The number of benzene rings is 2. The summed E-state index contributed by atoms with van der Waals surface area (Å²) in [6, 6.07) is 16.1. The van der Waals surface area contributed by atoms with Gasteiger partial charge in [0.25, 0.3) is 0 Å². The molecule has 0 saturated heterocycles. The van der Waals surface area contributed by atoms with Crippen LogP contribution in [0.15, 0.2) is 42.5 Å². The van der Waals surface area contributed by atoms with Crippen molar-refractivity contribution in [3.8, 4) is 6.07 Å². The van der Waals surface area contributed by atoms with Gasteiger partial charge in [0.2, 0.25) is 0 Å². The number of rotatable bonds is 2. The van der Waals surface area contributed by atoms with Gasteiger partial charge in [-0.1, -0.05) is 18.2 Å². The van der Waals surface area contributed by atoms with Gasteiger partial charge >= 0.3 is 0 Å². The number of nitrogens with zero attached hydrogens (tertiary/aromatic N) is 2. The first-order chi connectivity index (χ1) is 9.24. The largest absolute Gasteiger partial charge is 0.399 e. The Morgan fingerprint density at radius 3 is 2.53 bits per heavy atom. The molecular weight excluding hydrogens is 234 g/mol. The predicted molar refractivity (Wildman–Crippen MR) is 75.0 cm³/mol. The van der Waals surface area contributed by atoms with E-state index in [1.165, 1.54) is 16.7 Å². The molecule has 0 atom stereocenters. The molecule has 0 aromatic heterocycles. The second-order valence-electron chi connectivity index (χ2n) is 4.98. The van der Waals surface area contributed by atoms with E-state index in [2.05, 4.69) is 23.1 Å². The van der Waals surface area contributed by atoms with Gasteiger partial charge in [-0.15, -0.1) is 0 Å². The lowest BCUT2D eigenvalue weighted by Gasteiger charge is -2.14. The summed E-state index contributed by atoms with van der Waals surface area (Å²) in [5, 5.41) is 8.78. The topological polar surface area (TPSA) is 53.0 Å². The van der Waals surface area contributed by atoms with Crippen LogP contribution in [0.2, 0.25) is 0 Å². The number of fused-ring (bicyclic) bond motifs is 1. The maximum absolute atomic E-state index is 8.78. The van der Waals surface area contributed by atoms with Gasteiger partial charge in [-0.3, -0.25) is 4.90 Å². The number of nitrogen functional groups attached to an aromatic ring is 1. The van der Waals surface area contributed by atoms with Gasteiger partial charge < -0.3 is 5.73 Å². The highest BCUT2D eigenvalue weighted by atomic mass is 15.1. The van der Waals surface area contributed by atoms with Crippen LogP contribution in [0.4, 0.5) is 5.69 Å². The summed E-state index contributed by atoms with van der Waals surface area (Å²) in [5.74, 6) is 0. The highest BCUT2D eigenvalue weighted by Gasteiger charge is 2.18. The zero-order chi connectivity index (χ0) is 13.2. The van der Waals surface area contributed by atoms with Crippen LogP contribution in [-0.4, -0.2) is 4.90 Å². The Morgan fingerprint density at radius 1 is 1.05 bits per heavy atom. The van der Waals surface area contributed by atoms with Crippen LogP contribution < -0.4 is 5.73 Å². The summed E-state index contributed by atoms with van der Waals surface area (Å²) in [7, 11) is 0. The summed E-state index contributed by atoms with van der Waals surface area (Å²) < 4.78 is 0. The summed E-state index contributed by atoms with van der Waals surface area (Å²) in [5.41, 5.74) is 11.3. The molecule has 2 aromatic carbocycles. The van der Waals surface area contributed by atoms with Crippen LogP contribution in [0, 0.1) is 11.3 Å². The fraction of sp³-hybridized carbons (Fsp3) is 0.188. The van der Waals surface area contributed by atoms with Crippen molar-refractivity contribution in [3.63, 3.8) is 0 Å². The Balaban J connectivity index is 1.71. The third-order valence-electron chi connectivity index (χ3n) is 3.51. The zero-order valence-electron chi connectivity index (χ0n) is 10.6. The van der Waals surface area contributed by atoms with Gasteiger partial charge in [0, 0.05) is 25.3 Å². The number of hydrogen-bond acceptors (Lipinski definition) is 3. The van der Waals surface area contributed by atoms with Crippen molar-refractivity contribution in [2.24, 2.45) is 0 Å². The Bertz CT molecular complexity index is 638. The number of anilines is 1. The summed E-state index contributed by atoms with van der Waals surface area (Å²) >= 11 is 0. The average Bonchev–Trinajstić information content (AvgIpc) is 2.81. The molecule has 1 aliphatic rings. The molecule has 0 unspecified atom stereocenters. The Morgan fingerprint density at radius 2 is 1.79 bits per heavy atom. The molecule has 19 heavy (non-hydrogen) atoms. The van der Waals surface area contributed by atoms with Crippen molar-refractivity contribution in [1.82, 2.24) is 4.90 Å². The monoisotopic (exact) mass is 249 g/mol. The van der Waals surface area contributed by atoms with Crippen LogP contribution in [0.3, 0.4) is 0 Å². The van der Waals surface area contributed by atoms with Crippen LogP contribution in [0.5, 0.6) is 0 Å². The highest BCUT2D eigenvalue weighted by molar-refractivity contribution is 5.46. The molecule has 3 heteroatoms. The van der Waals surface area contributed by atoms with Crippen molar-refractivity contribution in [2.45, 2.75) is 19.6 Å². The number of nitriles is 1. The third kappa shape index (κ3) is 2.44. The molecule has 0 radical (unpaired) electrons. The summed E-state index contributed by atoms with van der Waals surface area (Å²) in [4.78, 5) is 2.38. The molecule has 0 aliphatic carbocycles. The fourth-order valence-electron chi connectivity index (χ4n) is 2.54. The lowest BCUT2D eigenvalue weighted by Crippen LogP contribution is -2.15. The minimum Gasteiger partial charge on any atom is -0.399 e. The van der Waals surface area contributed by atoms with E-state index in [0.29, 0.717) is 5.56 Å². The van der Waals surface area contributed by atoms with Crippen molar-refractivity contribution >= 4 is 5.69 Å². The zero-order valence-corrected chi connectivity index (χ0v) is 10.6. The third-order valence-corrected chi connectivity index (χ3v) is 3.51. The molecule has 1 heterocycles. The molecule has 1 aliphatic heterocycles. The van der Waals surface area contributed by atoms with Gasteiger partial charge in [-0.05, 0) is 41.0 Å². The first-order valence-electron chi connectivity index (χ1n) is 6.33. The maximum Gasteiger partial charge on any atom is 0.0991 e. The average molecular weight is 249 g/mol. The maximum atomic E-state index is 8.78. The van der Waals surface area contributed by atoms with Gasteiger partial charge in [-0.2, -0.15) is 5.26 Å². The molecule has 3 rings (SSSR count). The molecular formula is C16H15N3. The molecule has 0 fully saturated rings. The molecule has 2 aromatic rings. The first kappa shape index (κ1) is 11.8. The molecule has 0 saturated carbocycles. The van der Waals surface area contributed by atoms with Gasteiger partial charge in [0.05, 0.1) is 11.6 Å². The highest BCUT2D eigenvalue weighted by Crippen LogP contribution is 2.26. The smallest absolute Gasteiger partial charge is 0.0991 e. The standard InChI is InChI=1S/C16H15N3/c17-8-12-1-3-13(4-2-12)9-19-10-14-5-6-16(18)7-15(14)11-19/h1-7H,9-11,18H2. The van der Waals surface area contributed by atoms with E-state index in [9.17, 15) is 0 Å². The Labute approximate surface area is 112 Å². The van der Waals surface area contributed by atoms with E-state index in [-0.39, 0.29) is 0 Å². The molecule has 0 bridgehead atoms. The molecule has 94 valence electrons. The van der Waals surface area contributed by atoms with Gasteiger partial charge in [0.15, 0.2) is 0 Å². The normalized spacial score (nSPS) is 14.1. The second-order valence-corrected chi connectivity index (χ2v) is 4.98. The molecule has 3 nitrogen and oxygen atoms in total. The van der Waals surface area contributed by atoms with Crippen LogP contribution >= 0.6 is 0 Å². The minimum atomic E-state index is 0.709. The Kier molecular flexibility index (Phi) is 2.94. The summed E-state index contributed by atoms with van der Waals surface area (Å²) in [6.45, 7) is 2.82. The van der Waals surface area contributed by atoms with Gasteiger partial charge in [-0.25, -0.2) is 0 Å². The van der Waals surface area contributed by atoms with E-state index >= 15 is 0 Å². The van der Waals surface area contributed by atoms with E-state index in [1.54, 1.807) is 0 Å².